The van der Waals surface area contributed by atoms with E-state index in [0.29, 0.717) is 5.56 Å². The lowest BCUT2D eigenvalue weighted by Crippen LogP contribution is -2.27. The number of ketones is 1. The van der Waals surface area contributed by atoms with Crippen molar-refractivity contribution in [3.8, 4) is 0 Å². The summed E-state index contributed by atoms with van der Waals surface area (Å²) in [5.74, 6) is -0.237. The van der Waals surface area contributed by atoms with Gasteiger partial charge < -0.3 is 14.6 Å². The van der Waals surface area contributed by atoms with Gasteiger partial charge in [0.15, 0.2) is 5.78 Å². The Morgan fingerprint density at radius 3 is 2.65 bits per heavy atom. The topological polar surface area (TPSA) is 45.5 Å². The van der Waals surface area contributed by atoms with Gasteiger partial charge in [0.25, 0.3) is 0 Å². The number of carbonyl (C=O) groups is 1. The summed E-state index contributed by atoms with van der Waals surface area (Å²) in [6.45, 7) is 4.57. The van der Waals surface area contributed by atoms with E-state index in [1.54, 1.807) is 0 Å². The fourth-order valence-corrected chi connectivity index (χ4v) is 3.95. The van der Waals surface area contributed by atoms with Crippen LogP contribution in [0.25, 0.3) is 10.9 Å². The molecule has 1 N–H and O–H groups in total. The number of aliphatic hydroxyl groups excluding tert-OH is 1. The third-order valence-electron chi connectivity index (χ3n) is 5.36. The van der Waals surface area contributed by atoms with E-state index in [-0.39, 0.29) is 5.78 Å². The molecule has 0 amide bonds. The number of Topliss-reactive ketones (excluding diaryl/α,β-unsaturated/α-hetero) is 1. The maximum Gasteiger partial charge on any atom is 0.188 e. The van der Waals surface area contributed by atoms with Gasteiger partial charge in [0.1, 0.15) is 6.61 Å². The maximum atomic E-state index is 11.6. The number of hydrogen-bond donors (Lipinski definition) is 1. The van der Waals surface area contributed by atoms with E-state index in [4.69, 9.17) is 5.11 Å². The number of nitrogens with zero attached hydrogens (tertiary/aromatic N) is 2. The second-order valence-electron chi connectivity index (χ2n) is 7.30. The monoisotopic (exact) mass is 348 g/mol. The van der Waals surface area contributed by atoms with Crippen molar-refractivity contribution in [3.05, 3.63) is 70.4 Å². The molecule has 1 aliphatic rings. The standard InChI is InChI=1S/C22H24N2O2/c1-15-3-8-20-18(11-15)19-13-23(2)10-9-21(19)24(20)12-16-4-6-17(7-5-16)22(26)14-25/h3-8,11,25H,9-10,12-14H2,1-2H3. The first-order chi connectivity index (χ1) is 12.6. The summed E-state index contributed by atoms with van der Waals surface area (Å²) < 4.78 is 2.43. The predicted octanol–water partition coefficient (Wildman–Crippen LogP) is 3.16. The van der Waals surface area contributed by atoms with Crippen LogP contribution in [0.3, 0.4) is 0 Å². The molecule has 1 aromatic heterocycles. The molecule has 134 valence electrons. The third kappa shape index (κ3) is 2.96. The summed E-state index contributed by atoms with van der Waals surface area (Å²) in [7, 11) is 2.18. The molecule has 0 saturated carbocycles. The van der Waals surface area contributed by atoms with Crippen molar-refractivity contribution in [3.63, 3.8) is 0 Å². The average molecular weight is 348 g/mol. The molecule has 2 aromatic carbocycles. The van der Waals surface area contributed by atoms with Gasteiger partial charge in [0, 0.05) is 48.2 Å². The zero-order valence-corrected chi connectivity index (χ0v) is 15.3. The molecule has 4 nitrogen and oxygen atoms in total. The highest BCUT2D eigenvalue weighted by molar-refractivity contribution is 5.96. The van der Waals surface area contributed by atoms with E-state index in [2.05, 4.69) is 41.6 Å². The Bertz CT molecular complexity index is 970. The molecule has 0 aliphatic carbocycles. The molecule has 0 unspecified atom stereocenters. The first-order valence-electron chi connectivity index (χ1n) is 9.09. The zero-order chi connectivity index (χ0) is 18.3. The second kappa shape index (κ2) is 6.71. The van der Waals surface area contributed by atoms with Crippen molar-refractivity contribution in [2.75, 3.05) is 20.2 Å². The highest BCUT2D eigenvalue weighted by atomic mass is 16.3. The van der Waals surface area contributed by atoms with Crippen LogP contribution in [-0.2, 0) is 19.5 Å². The van der Waals surface area contributed by atoms with Crippen LogP contribution in [0.1, 0.15) is 32.7 Å². The Morgan fingerprint density at radius 1 is 1.15 bits per heavy atom. The molecule has 2 heterocycles. The third-order valence-corrected chi connectivity index (χ3v) is 5.36. The van der Waals surface area contributed by atoms with E-state index >= 15 is 0 Å². The predicted molar refractivity (Wildman–Crippen MR) is 104 cm³/mol. The van der Waals surface area contributed by atoms with Crippen molar-refractivity contribution < 1.29 is 9.90 Å². The summed E-state index contributed by atoms with van der Waals surface area (Å²) in [6.07, 6.45) is 1.06. The largest absolute Gasteiger partial charge is 0.388 e. The van der Waals surface area contributed by atoms with E-state index in [9.17, 15) is 4.79 Å². The van der Waals surface area contributed by atoms with Gasteiger partial charge in [-0.3, -0.25) is 4.79 Å². The van der Waals surface area contributed by atoms with Gasteiger partial charge in [0.05, 0.1) is 0 Å². The van der Waals surface area contributed by atoms with Gasteiger partial charge in [0.2, 0.25) is 0 Å². The molecule has 0 saturated heterocycles. The maximum absolute atomic E-state index is 11.6. The molecule has 4 rings (SSSR count). The SMILES string of the molecule is Cc1ccc2c(c1)c1c(n2Cc2ccc(C(=O)CO)cc2)CCN(C)C1. The first-order valence-corrected chi connectivity index (χ1v) is 9.09. The molecule has 0 fully saturated rings. The number of hydrogen-bond acceptors (Lipinski definition) is 3. The highest BCUT2D eigenvalue weighted by Gasteiger charge is 2.22. The molecule has 4 heteroatoms. The number of likely N-dealkylation sites (N-methyl/N-ethyl adjacent to an activating group) is 1. The number of benzene rings is 2. The van der Waals surface area contributed by atoms with Crippen LogP contribution in [0, 0.1) is 6.92 Å². The minimum atomic E-state index is -0.442. The van der Waals surface area contributed by atoms with E-state index in [1.807, 2.05) is 24.3 Å². The number of aryl methyl sites for hydroxylation is 1. The number of aromatic nitrogens is 1. The lowest BCUT2D eigenvalue weighted by atomic mass is 10.0. The van der Waals surface area contributed by atoms with Crippen LogP contribution in [0.15, 0.2) is 42.5 Å². The van der Waals surface area contributed by atoms with Gasteiger partial charge in [-0.1, -0.05) is 35.9 Å². The molecule has 0 radical (unpaired) electrons. The molecular weight excluding hydrogens is 324 g/mol. The molecule has 0 atom stereocenters. The van der Waals surface area contributed by atoms with Crippen LogP contribution in [0.5, 0.6) is 0 Å². The molecular formula is C22H24N2O2. The van der Waals surface area contributed by atoms with Crippen LogP contribution in [-0.4, -0.2) is 40.6 Å². The molecule has 0 spiro atoms. The fraction of sp³-hybridized carbons (Fsp3) is 0.318. The normalized spacial score (nSPS) is 14.6. The first kappa shape index (κ1) is 17.0. The summed E-state index contributed by atoms with van der Waals surface area (Å²) in [4.78, 5) is 14.0. The Hall–Kier alpha value is -2.43. The van der Waals surface area contributed by atoms with Gasteiger partial charge in [-0.15, -0.1) is 0 Å². The Labute approximate surface area is 153 Å². The van der Waals surface area contributed by atoms with Crippen molar-refractivity contribution in [2.45, 2.75) is 26.4 Å². The molecule has 0 bridgehead atoms. The van der Waals surface area contributed by atoms with Crippen molar-refractivity contribution in [1.29, 1.82) is 0 Å². The number of fused-ring (bicyclic) bond motifs is 3. The van der Waals surface area contributed by atoms with Crippen LogP contribution < -0.4 is 0 Å². The minimum absolute atomic E-state index is 0.237. The van der Waals surface area contributed by atoms with Crippen LogP contribution in [0.4, 0.5) is 0 Å². The second-order valence-corrected chi connectivity index (χ2v) is 7.30. The number of rotatable bonds is 4. The molecule has 26 heavy (non-hydrogen) atoms. The van der Waals surface area contributed by atoms with E-state index in [0.717, 1.165) is 26.1 Å². The van der Waals surface area contributed by atoms with Crippen molar-refractivity contribution in [2.24, 2.45) is 0 Å². The van der Waals surface area contributed by atoms with Gasteiger partial charge >= 0.3 is 0 Å². The van der Waals surface area contributed by atoms with Crippen molar-refractivity contribution >= 4 is 16.7 Å². The summed E-state index contributed by atoms with van der Waals surface area (Å²) in [6, 6.07) is 14.3. The Balaban J connectivity index is 1.76. The average Bonchev–Trinajstić information content (AvgIpc) is 2.94. The fourth-order valence-electron chi connectivity index (χ4n) is 3.95. The Kier molecular flexibility index (Phi) is 4.39. The van der Waals surface area contributed by atoms with Gasteiger partial charge in [-0.25, -0.2) is 0 Å². The van der Waals surface area contributed by atoms with Gasteiger partial charge in [-0.05, 0) is 37.2 Å². The quantitative estimate of drug-likeness (QED) is 0.737. The highest BCUT2D eigenvalue weighted by Crippen LogP contribution is 2.32. The summed E-state index contributed by atoms with van der Waals surface area (Å²) >= 11 is 0. The van der Waals surface area contributed by atoms with Crippen LogP contribution >= 0.6 is 0 Å². The smallest absolute Gasteiger partial charge is 0.188 e. The lowest BCUT2D eigenvalue weighted by Gasteiger charge is -2.24. The minimum Gasteiger partial charge on any atom is -0.388 e. The number of carbonyl (C=O) groups excluding carboxylic acids is 1. The molecule has 1 aliphatic heterocycles. The molecule has 3 aromatic rings. The number of aliphatic hydroxyl groups is 1. The zero-order valence-electron chi connectivity index (χ0n) is 15.3. The van der Waals surface area contributed by atoms with Gasteiger partial charge in [-0.2, -0.15) is 0 Å². The summed E-state index contributed by atoms with van der Waals surface area (Å²) in [5, 5.41) is 10.4. The van der Waals surface area contributed by atoms with Crippen molar-refractivity contribution in [1.82, 2.24) is 9.47 Å². The van der Waals surface area contributed by atoms with Crippen LogP contribution in [0.2, 0.25) is 0 Å². The lowest BCUT2D eigenvalue weighted by molar-refractivity contribution is 0.0903. The van der Waals surface area contributed by atoms with E-state index in [1.165, 1.54) is 33.3 Å². The summed E-state index contributed by atoms with van der Waals surface area (Å²) in [5.41, 5.74) is 7.18. The van der Waals surface area contributed by atoms with E-state index < -0.39 is 6.61 Å². The Morgan fingerprint density at radius 2 is 1.92 bits per heavy atom.